The first-order valence-electron chi connectivity index (χ1n) is 10.0. The summed E-state index contributed by atoms with van der Waals surface area (Å²) in [6.07, 6.45) is 4.90. The van der Waals surface area contributed by atoms with Gasteiger partial charge in [0.15, 0.2) is 0 Å². The van der Waals surface area contributed by atoms with E-state index >= 15 is 0 Å². The third-order valence-electron chi connectivity index (χ3n) is 5.48. The van der Waals surface area contributed by atoms with Crippen LogP contribution in [0.5, 0.6) is 0 Å². The molecule has 0 aromatic carbocycles. The number of amides is 2. The first-order valence-corrected chi connectivity index (χ1v) is 11.5. The van der Waals surface area contributed by atoms with Crippen molar-refractivity contribution in [2.45, 2.75) is 64.6 Å². The van der Waals surface area contributed by atoms with Crippen molar-refractivity contribution >= 4 is 19.6 Å². The van der Waals surface area contributed by atoms with Crippen LogP contribution in [0.4, 0.5) is 0 Å². The summed E-state index contributed by atoms with van der Waals surface area (Å²) in [5, 5.41) is 0. The predicted molar refractivity (Wildman–Crippen MR) is 96.9 cm³/mol. The lowest BCUT2D eigenvalue weighted by Gasteiger charge is -2.17. The lowest BCUT2D eigenvalue weighted by molar-refractivity contribution is -0.142. The number of phosphoric ester groups is 1. The van der Waals surface area contributed by atoms with E-state index < -0.39 is 7.82 Å². The third kappa shape index (κ3) is 4.46. The van der Waals surface area contributed by atoms with Gasteiger partial charge in [-0.3, -0.25) is 28.1 Å². The van der Waals surface area contributed by atoms with E-state index in [1.807, 2.05) is 0 Å². The van der Waals surface area contributed by atoms with Crippen LogP contribution in [0.2, 0.25) is 0 Å². The summed E-state index contributed by atoms with van der Waals surface area (Å²) in [5.74, 6) is -0.573. The van der Waals surface area contributed by atoms with Crippen molar-refractivity contribution in [2.75, 3.05) is 26.4 Å². The standard InChI is InChI=1S/C18H30NO7P/c1-3-23-27(22,24-4-2)25-12-8-6-5-7-11-19-17(20)15-13-9-10-14(26-13)16(15)18(19)21/h13-16H,3-12H2,1-2H3/t13-,14+,15-,16+. The monoisotopic (exact) mass is 403 g/mol. The number of likely N-dealkylation sites (tertiary alicyclic amines) is 1. The van der Waals surface area contributed by atoms with E-state index in [2.05, 4.69) is 0 Å². The average molecular weight is 403 g/mol. The Hall–Kier alpha value is -0.790. The number of hydrogen-bond donors (Lipinski definition) is 0. The van der Waals surface area contributed by atoms with Crippen LogP contribution in [0, 0.1) is 11.8 Å². The van der Waals surface area contributed by atoms with Crippen LogP contribution in [-0.2, 0) is 32.5 Å². The number of phosphoric acid groups is 1. The van der Waals surface area contributed by atoms with E-state index in [0.29, 0.717) is 13.2 Å². The van der Waals surface area contributed by atoms with Crippen LogP contribution < -0.4 is 0 Å². The van der Waals surface area contributed by atoms with Gasteiger partial charge >= 0.3 is 7.82 Å². The number of hydrogen-bond acceptors (Lipinski definition) is 7. The maximum Gasteiger partial charge on any atom is 0.474 e. The van der Waals surface area contributed by atoms with E-state index in [0.717, 1.165) is 38.5 Å². The molecule has 0 unspecified atom stereocenters. The van der Waals surface area contributed by atoms with E-state index in [1.165, 1.54) is 4.90 Å². The van der Waals surface area contributed by atoms with Crippen LogP contribution in [0.25, 0.3) is 0 Å². The van der Waals surface area contributed by atoms with Crippen molar-refractivity contribution in [3.05, 3.63) is 0 Å². The second kappa shape index (κ2) is 9.14. The van der Waals surface area contributed by atoms with Gasteiger partial charge in [-0.05, 0) is 39.5 Å². The molecule has 0 aromatic rings. The summed E-state index contributed by atoms with van der Waals surface area (Å²) < 4.78 is 33.3. The molecule has 2 bridgehead atoms. The second-order valence-corrected chi connectivity index (χ2v) is 8.87. The van der Waals surface area contributed by atoms with Crippen molar-refractivity contribution in [1.29, 1.82) is 0 Å². The summed E-state index contributed by atoms with van der Waals surface area (Å²) in [6, 6.07) is 0. The summed E-state index contributed by atoms with van der Waals surface area (Å²) in [6.45, 7) is 4.78. The number of ether oxygens (including phenoxy) is 1. The minimum absolute atomic E-state index is 0.0464. The van der Waals surface area contributed by atoms with Gasteiger partial charge in [0.05, 0.1) is 43.9 Å². The molecule has 9 heteroatoms. The predicted octanol–water partition coefficient (Wildman–Crippen LogP) is 2.91. The highest BCUT2D eigenvalue weighted by Gasteiger charge is 2.62. The highest BCUT2D eigenvalue weighted by atomic mass is 31.2. The van der Waals surface area contributed by atoms with E-state index in [-0.39, 0.29) is 49.1 Å². The molecule has 3 heterocycles. The van der Waals surface area contributed by atoms with Crippen LogP contribution in [0.15, 0.2) is 0 Å². The van der Waals surface area contributed by atoms with Gasteiger partial charge in [-0.25, -0.2) is 4.57 Å². The number of carbonyl (C=O) groups is 2. The maximum atomic E-state index is 12.5. The topological polar surface area (TPSA) is 91.4 Å². The molecule has 3 fully saturated rings. The average Bonchev–Trinajstić information content (AvgIpc) is 3.30. The van der Waals surface area contributed by atoms with Crippen molar-refractivity contribution < 1.29 is 32.5 Å². The van der Waals surface area contributed by atoms with Gasteiger partial charge in [0.25, 0.3) is 0 Å². The minimum Gasteiger partial charge on any atom is -0.373 e. The van der Waals surface area contributed by atoms with Gasteiger partial charge in [0.2, 0.25) is 11.8 Å². The lowest BCUT2D eigenvalue weighted by atomic mass is 9.81. The molecule has 154 valence electrons. The zero-order chi connectivity index (χ0) is 19.4. The molecule has 0 aliphatic carbocycles. The Bertz CT molecular complexity index is 560. The number of rotatable bonds is 12. The van der Waals surface area contributed by atoms with Crippen molar-refractivity contribution in [3.8, 4) is 0 Å². The van der Waals surface area contributed by atoms with Gasteiger partial charge in [-0.2, -0.15) is 0 Å². The molecule has 3 aliphatic rings. The van der Waals surface area contributed by atoms with E-state index in [9.17, 15) is 14.2 Å². The number of fused-ring (bicyclic) bond motifs is 5. The third-order valence-corrected chi connectivity index (χ3v) is 7.12. The van der Waals surface area contributed by atoms with E-state index in [1.54, 1.807) is 13.8 Å². The summed E-state index contributed by atoms with van der Waals surface area (Å²) in [7, 11) is -3.43. The fraction of sp³-hybridized carbons (Fsp3) is 0.889. The normalized spacial score (nSPS) is 29.8. The van der Waals surface area contributed by atoms with Gasteiger partial charge in [0.1, 0.15) is 0 Å². The molecule has 0 aromatic heterocycles. The molecule has 3 saturated heterocycles. The number of unbranched alkanes of at least 4 members (excludes halogenated alkanes) is 3. The number of carbonyl (C=O) groups excluding carboxylic acids is 2. The van der Waals surface area contributed by atoms with Crippen molar-refractivity contribution in [1.82, 2.24) is 4.90 Å². The largest absolute Gasteiger partial charge is 0.474 e. The van der Waals surface area contributed by atoms with Crippen LogP contribution in [0.3, 0.4) is 0 Å². The highest BCUT2D eigenvalue weighted by Crippen LogP contribution is 2.49. The number of imide groups is 1. The van der Waals surface area contributed by atoms with Gasteiger partial charge in [-0.1, -0.05) is 12.8 Å². The maximum absolute atomic E-state index is 12.5. The molecular formula is C18H30NO7P. The molecule has 0 radical (unpaired) electrons. The van der Waals surface area contributed by atoms with Crippen molar-refractivity contribution in [3.63, 3.8) is 0 Å². The van der Waals surface area contributed by atoms with Crippen molar-refractivity contribution in [2.24, 2.45) is 11.8 Å². The quantitative estimate of drug-likeness (QED) is 0.281. The molecule has 8 nitrogen and oxygen atoms in total. The fourth-order valence-corrected chi connectivity index (χ4v) is 5.53. The Morgan fingerprint density at radius 2 is 1.48 bits per heavy atom. The molecule has 0 spiro atoms. The minimum atomic E-state index is -3.43. The SMILES string of the molecule is CCOP(=O)(OCC)OCCCCCCN1C(=O)[C@@H]2[C@H](C1=O)[C@H]1CC[C@@H]2O1. The van der Waals surface area contributed by atoms with Crippen LogP contribution in [-0.4, -0.2) is 55.3 Å². The first-order chi connectivity index (χ1) is 13.0. The summed E-state index contributed by atoms with van der Waals surface area (Å²) in [5.41, 5.74) is 0. The Labute approximate surface area is 160 Å². The molecule has 3 rings (SSSR count). The molecule has 0 N–H and O–H groups in total. The van der Waals surface area contributed by atoms with Crippen LogP contribution >= 0.6 is 7.82 Å². The molecule has 2 amide bonds. The zero-order valence-electron chi connectivity index (χ0n) is 16.1. The molecule has 4 atom stereocenters. The molecular weight excluding hydrogens is 373 g/mol. The van der Waals surface area contributed by atoms with Gasteiger partial charge in [0, 0.05) is 6.54 Å². The summed E-state index contributed by atoms with van der Waals surface area (Å²) >= 11 is 0. The molecule has 27 heavy (non-hydrogen) atoms. The Balaban J connectivity index is 1.32. The highest BCUT2D eigenvalue weighted by molar-refractivity contribution is 7.48. The molecule has 0 saturated carbocycles. The fourth-order valence-electron chi connectivity index (χ4n) is 4.32. The number of nitrogens with zero attached hydrogens (tertiary/aromatic N) is 1. The smallest absolute Gasteiger partial charge is 0.373 e. The second-order valence-electron chi connectivity index (χ2n) is 7.20. The lowest BCUT2D eigenvalue weighted by Crippen LogP contribution is -2.35. The van der Waals surface area contributed by atoms with Gasteiger partial charge in [-0.15, -0.1) is 0 Å². The van der Waals surface area contributed by atoms with E-state index in [4.69, 9.17) is 18.3 Å². The first kappa shape index (κ1) is 20.9. The Morgan fingerprint density at radius 1 is 0.926 bits per heavy atom. The zero-order valence-corrected chi connectivity index (χ0v) is 17.0. The van der Waals surface area contributed by atoms with Crippen LogP contribution in [0.1, 0.15) is 52.4 Å². The Kier molecular flexibility index (Phi) is 7.08. The Morgan fingerprint density at radius 3 is 2.04 bits per heavy atom. The molecule has 3 aliphatic heterocycles. The van der Waals surface area contributed by atoms with Gasteiger partial charge < -0.3 is 4.74 Å². The summed E-state index contributed by atoms with van der Waals surface area (Å²) in [4.78, 5) is 26.5.